The van der Waals surface area contributed by atoms with Crippen LogP contribution in [0.2, 0.25) is 0 Å². The van der Waals surface area contributed by atoms with Crippen LogP contribution >= 0.6 is 11.8 Å². The van der Waals surface area contributed by atoms with Crippen molar-refractivity contribution in [2.75, 3.05) is 33.1 Å². The molecule has 0 bridgehead atoms. The molecule has 0 aliphatic carbocycles. The molecular weight excluding hydrogens is 396 g/mol. The number of ether oxygens (including phenoxy) is 3. The summed E-state index contributed by atoms with van der Waals surface area (Å²) in [5, 5.41) is 9.85. The zero-order valence-electron chi connectivity index (χ0n) is 16.6. The number of nitrogens with zero attached hydrogens (tertiary/aromatic N) is 2. The minimum Gasteiger partial charge on any atom is -0.493 e. The highest BCUT2D eigenvalue weighted by molar-refractivity contribution is 7.99. The Morgan fingerprint density at radius 3 is 2.93 bits per heavy atom. The van der Waals surface area contributed by atoms with E-state index < -0.39 is 0 Å². The van der Waals surface area contributed by atoms with E-state index in [1.807, 2.05) is 18.2 Å². The van der Waals surface area contributed by atoms with E-state index in [1.165, 1.54) is 16.3 Å². The summed E-state index contributed by atoms with van der Waals surface area (Å²) in [5.74, 6) is 1.40. The van der Waals surface area contributed by atoms with E-state index in [4.69, 9.17) is 14.2 Å². The van der Waals surface area contributed by atoms with Crippen LogP contribution in [-0.2, 0) is 22.5 Å². The van der Waals surface area contributed by atoms with E-state index in [9.17, 15) is 9.59 Å². The van der Waals surface area contributed by atoms with Crippen molar-refractivity contribution in [3.05, 3.63) is 34.2 Å². The van der Waals surface area contributed by atoms with E-state index in [2.05, 4.69) is 15.5 Å². The summed E-state index contributed by atoms with van der Waals surface area (Å²) in [6.07, 6.45) is 2.63. The molecule has 0 radical (unpaired) electrons. The second-order valence-electron chi connectivity index (χ2n) is 6.63. The number of aromatic amines is 1. The largest absolute Gasteiger partial charge is 0.493 e. The normalized spacial score (nSPS) is 16.0. The lowest BCUT2D eigenvalue weighted by atomic mass is 10.1. The molecule has 1 saturated heterocycles. The van der Waals surface area contributed by atoms with Crippen molar-refractivity contribution in [3.63, 3.8) is 0 Å². The lowest BCUT2D eigenvalue weighted by Gasteiger charge is -2.11. The topological polar surface area (TPSA) is 107 Å². The van der Waals surface area contributed by atoms with Crippen molar-refractivity contribution in [2.45, 2.75) is 37.1 Å². The zero-order chi connectivity index (χ0) is 20.6. The van der Waals surface area contributed by atoms with Crippen LogP contribution < -0.4 is 20.5 Å². The molecule has 158 valence electrons. The Labute approximate surface area is 173 Å². The fraction of sp³-hybridized carbons (Fsp3) is 0.526. The molecule has 10 heteroatoms. The molecule has 3 rings (SSSR count). The third-order valence-electron chi connectivity index (χ3n) is 4.65. The van der Waals surface area contributed by atoms with E-state index >= 15 is 0 Å². The zero-order valence-corrected chi connectivity index (χ0v) is 17.4. The Bertz CT molecular complexity index is 876. The number of nitrogens with one attached hydrogen (secondary N) is 2. The maximum absolute atomic E-state index is 12.2. The van der Waals surface area contributed by atoms with Crippen LogP contribution in [0.4, 0.5) is 0 Å². The number of methoxy groups -OCH3 is 2. The second-order valence-corrected chi connectivity index (χ2v) is 7.58. The minimum absolute atomic E-state index is 0.0277. The van der Waals surface area contributed by atoms with E-state index in [0.717, 1.165) is 25.0 Å². The predicted molar refractivity (Wildman–Crippen MR) is 109 cm³/mol. The Kier molecular flexibility index (Phi) is 7.59. The average molecular weight is 423 g/mol. The van der Waals surface area contributed by atoms with Gasteiger partial charge in [0.1, 0.15) is 0 Å². The molecule has 2 aromatic rings. The lowest BCUT2D eigenvalue weighted by Crippen LogP contribution is -2.28. The van der Waals surface area contributed by atoms with Crippen molar-refractivity contribution >= 4 is 17.7 Å². The first-order chi connectivity index (χ1) is 14.1. The molecule has 2 heterocycles. The number of hydrogen-bond acceptors (Lipinski definition) is 7. The van der Waals surface area contributed by atoms with Crippen LogP contribution in [0, 0.1) is 0 Å². The van der Waals surface area contributed by atoms with Gasteiger partial charge in [0, 0.05) is 13.2 Å². The predicted octanol–water partition coefficient (Wildman–Crippen LogP) is 1.22. The number of benzene rings is 1. The Hall–Kier alpha value is -2.46. The number of hydrogen-bond donors (Lipinski definition) is 2. The number of thioether (sulfide) groups is 1. The first-order valence-electron chi connectivity index (χ1n) is 9.48. The van der Waals surface area contributed by atoms with E-state index in [-0.39, 0.29) is 23.5 Å². The third kappa shape index (κ3) is 5.77. The van der Waals surface area contributed by atoms with E-state index in [0.29, 0.717) is 36.2 Å². The van der Waals surface area contributed by atoms with Crippen LogP contribution in [-0.4, -0.2) is 59.9 Å². The van der Waals surface area contributed by atoms with Gasteiger partial charge < -0.3 is 19.5 Å². The number of carbonyl (C=O) groups excluding carboxylic acids is 1. The number of H-pyrrole nitrogens is 1. The highest BCUT2D eigenvalue weighted by atomic mass is 32.2. The molecule has 29 heavy (non-hydrogen) atoms. The van der Waals surface area contributed by atoms with Crippen LogP contribution in [0.15, 0.2) is 28.2 Å². The number of amides is 1. The summed E-state index contributed by atoms with van der Waals surface area (Å²) < 4.78 is 17.6. The van der Waals surface area contributed by atoms with Crippen molar-refractivity contribution in [2.24, 2.45) is 0 Å². The molecule has 0 spiro atoms. The molecule has 1 aliphatic heterocycles. The summed E-state index contributed by atoms with van der Waals surface area (Å²) >= 11 is 1.23. The van der Waals surface area contributed by atoms with E-state index in [1.54, 1.807) is 14.2 Å². The summed E-state index contributed by atoms with van der Waals surface area (Å²) in [7, 11) is 3.18. The molecule has 0 saturated carbocycles. The molecule has 1 unspecified atom stereocenters. The molecule has 1 aliphatic rings. The van der Waals surface area contributed by atoms with Gasteiger partial charge in [-0.15, -0.1) is 5.10 Å². The average Bonchev–Trinajstić information content (AvgIpc) is 3.37. The monoisotopic (exact) mass is 422 g/mol. The third-order valence-corrected chi connectivity index (χ3v) is 5.63. The summed E-state index contributed by atoms with van der Waals surface area (Å²) in [4.78, 5) is 24.1. The quantitative estimate of drug-likeness (QED) is 0.554. The van der Waals surface area contributed by atoms with Gasteiger partial charge in [0.15, 0.2) is 16.7 Å². The highest BCUT2D eigenvalue weighted by Crippen LogP contribution is 2.27. The SMILES string of the molecule is COc1ccc(CCNC(=O)CSc2n[nH]c(=O)n2CC2CCCO2)cc1OC. The van der Waals surface area contributed by atoms with Crippen molar-refractivity contribution in [1.82, 2.24) is 20.1 Å². The Morgan fingerprint density at radius 1 is 1.38 bits per heavy atom. The highest BCUT2D eigenvalue weighted by Gasteiger charge is 2.20. The van der Waals surface area contributed by atoms with Crippen molar-refractivity contribution in [1.29, 1.82) is 0 Å². The number of carbonyl (C=O) groups is 1. The van der Waals surface area contributed by atoms with Gasteiger partial charge in [-0.1, -0.05) is 17.8 Å². The Balaban J connectivity index is 1.45. The van der Waals surface area contributed by atoms with Crippen molar-refractivity contribution in [3.8, 4) is 11.5 Å². The number of aromatic nitrogens is 3. The van der Waals surface area contributed by atoms with Gasteiger partial charge in [-0.2, -0.15) is 0 Å². The smallest absolute Gasteiger partial charge is 0.344 e. The van der Waals surface area contributed by atoms with Gasteiger partial charge in [0.2, 0.25) is 5.91 Å². The molecule has 1 aromatic carbocycles. The minimum atomic E-state index is -0.281. The first-order valence-corrected chi connectivity index (χ1v) is 10.5. The van der Waals surface area contributed by atoms with Gasteiger partial charge >= 0.3 is 5.69 Å². The van der Waals surface area contributed by atoms with Gasteiger partial charge in [-0.25, -0.2) is 9.89 Å². The standard InChI is InChI=1S/C19H26N4O5S/c1-26-15-6-5-13(10-16(15)27-2)7-8-20-17(24)12-29-19-22-21-18(25)23(19)11-14-4-3-9-28-14/h5-6,10,14H,3-4,7-9,11-12H2,1-2H3,(H,20,24)(H,21,25). The summed E-state index contributed by atoms with van der Waals surface area (Å²) in [5.41, 5.74) is 0.755. The van der Waals surface area contributed by atoms with Gasteiger partial charge in [0.25, 0.3) is 0 Å². The molecule has 1 fully saturated rings. The second kappa shape index (κ2) is 10.4. The Morgan fingerprint density at radius 2 is 2.21 bits per heavy atom. The molecule has 1 atom stereocenters. The van der Waals surface area contributed by atoms with Gasteiger partial charge in [0.05, 0.1) is 32.6 Å². The summed E-state index contributed by atoms with van der Waals surface area (Å²) in [6.45, 7) is 1.68. The fourth-order valence-electron chi connectivity index (χ4n) is 3.13. The molecule has 1 aromatic heterocycles. The lowest BCUT2D eigenvalue weighted by molar-refractivity contribution is -0.118. The van der Waals surface area contributed by atoms with Crippen LogP contribution in [0.1, 0.15) is 18.4 Å². The fourth-order valence-corrected chi connectivity index (χ4v) is 3.92. The van der Waals surface area contributed by atoms with Gasteiger partial charge in [-0.3, -0.25) is 9.36 Å². The maximum Gasteiger partial charge on any atom is 0.344 e. The molecular formula is C19H26N4O5S. The first kappa shape index (κ1) is 21.3. The number of rotatable bonds is 10. The maximum atomic E-state index is 12.2. The summed E-state index contributed by atoms with van der Waals surface area (Å²) in [6, 6.07) is 5.68. The van der Waals surface area contributed by atoms with Crippen LogP contribution in [0.3, 0.4) is 0 Å². The van der Waals surface area contributed by atoms with Crippen LogP contribution in [0.5, 0.6) is 11.5 Å². The molecule has 9 nitrogen and oxygen atoms in total. The molecule has 1 amide bonds. The van der Waals surface area contributed by atoms with Gasteiger partial charge in [-0.05, 0) is 37.0 Å². The molecule has 2 N–H and O–H groups in total. The van der Waals surface area contributed by atoms with Crippen molar-refractivity contribution < 1.29 is 19.0 Å². The van der Waals surface area contributed by atoms with Crippen LogP contribution in [0.25, 0.3) is 0 Å².